The molecule has 2 aromatic carbocycles. The van der Waals surface area contributed by atoms with Crippen LogP contribution in [0.5, 0.6) is 5.75 Å². The molecule has 0 heterocycles. The van der Waals surface area contributed by atoms with E-state index in [1.54, 1.807) is 12.1 Å². The molecular weight excluding hydrogens is 305 g/mol. The van der Waals surface area contributed by atoms with E-state index in [1.165, 1.54) is 12.1 Å². The molecule has 128 valence electrons. The molecule has 3 nitrogen and oxygen atoms in total. The highest BCUT2D eigenvalue weighted by Gasteiger charge is 2.21. The average molecular weight is 329 g/mol. The Balaban J connectivity index is 2.04. The summed E-state index contributed by atoms with van der Waals surface area (Å²) in [7, 11) is 0. The van der Waals surface area contributed by atoms with Crippen LogP contribution in [0.3, 0.4) is 0 Å². The third kappa shape index (κ3) is 4.57. The number of hydrogen-bond acceptors (Lipinski definition) is 2. The molecule has 0 aliphatic carbocycles. The number of halogens is 1. The quantitative estimate of drug-likeness (QED) is 0.849. The number of benzene rings is 2. The maximum absolute atomic E-state index is 13.0. The number of carbonyl (C=O) groups is 1. The molecule has 0 aromatic heterocycles. The van der Waals surface area contributed by atoms with Gasteiger partial charge in [0, 0.05) is 0 Å². The van der Waals surface area contributed by atoms with Gasteiger partial charge in [0.2, 0.25) is 0 Å². The SMILES string of the molecule is CC[C@@H](Oc1ccc(C)cc1C)C(=O)N[C@H](C)c1ccc(F)cc1. The average Bonchev–Trinajstić information content (AvgIpc) is 2.54. The lowest BCUT2D eigenvalue weighted by Crippen LogP contribution is -2.39. The van der Waals surface area contributed by atoms with Crippen LogP contribution in [0.1, 0.15) is 43.0 Å². The van der Waals surface area contributed by atoms with Crippen LogP contribution in [0.2, 0.25) is 0 Å². The predicted molar refractivity (Wildman–Crippen MR) is 93.6 cm³/mol. The van der Waals surface area contributed by atoms with E-state index < -0.39 is 6.10 Å². The highest BCUT2D eigenvalue weighted by molar-refractivity contribution is 5.81. The molecule has 4 heteroatoms. The standard InChI is InChI=1S/C20H24FNO2/c1-5-18(24-19-11-6-13(2)12-14(19)3)20(23)22-15(4)16-7-9-17(21)10-8-16/h6-12,15,18H,5H2,1-4H3,(H,22,23)/t15-,18-/m1/s1. The van der Waals surface area contributed by atoms with E-state index in [1.807, 2.05) is 45.9 Å². The topological polar surface area (TPSA) is 38.3 Å². The Hall–Kier alpha value is -2.36. The molecule has 0 saturated heterocycles. The van der Waals surface area contributed by atoms with Gasteiger partial charge in [0.15, 0.2) is 6.10 Å². The van der Waals surface area contributed by atoms with E-state index in [2.05, 4.69) is 5.32 Å². The minimum absolute atomic E-state index is 0.172. The Morgan fingerprint density at radius 1 is 1.17 bits per heavy atom. The van der Waals surface area contributed by atoms with Crippen molar-refractivity contribution in [2.75, 3.05) is 0 Å². The van der Waals surface area contributed by atoms with E-state index in [-0.39, 0.29) is 17.8 Å². The summed E-state index contributed by atoms with van der Waals surface area (Å²) >= 11 is 0. The van der Waals surface area contributed by atoms with Crippen LogP contribution in [-0.2, 0) is 4.79 Å². The molecule has 0 unspecified atom stereocenters. The summed E-state index contributed by atoms with van der Waals surface area (Å²) in [5, 5.41) is 2.93. The van der Waals surface area contributed by atoms with Crippen molar-refractivity contribution in [3.63, 3.8) is 0 Å². The van der Waals surface area contributed by atoms with Gasteiger partial charge in [-0.05, 0) is 56.5 Å². The first-order chi connectivity index (χ1) is 11.4. The minimum atomic E-state index is -0.561. The lowest BCUT2D eigenvalue weighted by molar-refractivity contribution is -0.128. The van der Waals surface area contributed by atoms with Gasteiger partial charge >= 0.3 is 0 Å². The lowest BCUT2D eigenvalue weighted by Gasteiger charge is -2.21. The van der Waals surface area contributed by atoms with E-state index in [0.717, 1.165) is 22.4 Å². The third-order valence-electron chi connectivity index (χ3n) is 3.99. The fourth-order valence-electron chi connectivity index (χ4n) is 2.55. The Morgan fingerprint density at radius 3 is 2.42 bits per heavy atom. The highest BCUT2D eigenvalue weighted by atomic mass is 19.1. The number of nitrogens with one attached hydrogen (secondary N) is 1. The number of amides is 1. The molecule has 2 atom stereocenters. The zero-order valence-electron chi connectivity index (χ0n) is 14.6. The van der Waals surface area contributed by atoms with Crippen molar-refractivity contribution in [2.24, 2.45) is 0 Å². The monoisotopic (exact) mass is 329 g/mol. The second-order valence-electron chi connectivity index (χ2n) is 6.07. The Labute approximate surface area is 142 Å². The van der Waals surface area contributed by atoms with Crippen molar-refractivity contribution in [3.8, 4) is 5.75 Å². The number of hydrogen-bond donors (Lipinski definition) is 1. The number of aryl methyl sites for hydroxylation is 2. The lowest BCUT2D eigenvalue weighted by atomic mass is 10.1. The largest absolute Gasteiger partial charge is 0.480 e. The highest BCUT2D eigenvalue weighted by Crippen LogP contribution is 2.21. The molecule has 0 spiro atoms. The Morgan fingerprint density at radius 2 is 1.83 bits per heavy atom. The summed E-state index contributed by atoms with van der Waals surface area (Å²) in [6.45, 7) is 7.77. The maximum Gasteiger partial charge on any atom is 0.261 e. The second kappa shape index (κ2) is 7.95. The van der Waals surface area contributed by atoms with Crippen LogP contribution in [0.15, 0.2) is 42.5 Å². The molecule has 0 saturated carbocycles. The summed E-state index contributed by atoms with van der Waals surface area (Å²) in [5.41, 5.74) is 3.02. The molecule has 2 aromatic rings. The van der Waals surface area contributed by atoms with Crippen LogP contribution in [0, 0.1) is 19.7 Å². The van der Waals surface area contributed by atoms with Gasteiger partial charge in [0.1, 0.15) is 11.6 Å². The molecule has 0 aliphatic heterocycles. The molecular formula is C20H24FNO2. The molecule has 2 rings (SSSR count). The Bertz CT molecular complexity index is 697. The minimum Gasteiger partial charge on any atom is -0.480 e. The molecule has 1 amide bonds. The smallest absolute Gasteiger partial charge is 0.261 e. The number of carbonyl (C=O) groups excluding carboxylic acids is 1. The van der Waals surface area contributed by atoms with E-state index in [0.29, 0.717) is 6.42 Å². The molecule has 0 fully saturated rings. The van der Waals surface area contributed by atoms with E-state index >= 15 is 0 Å². The van der Waals surface area contributed by atoms with Gasteiger partial charge in [-0.15, -0.1) is 0 Å². The Kier molecular flexibility index (Phi) is 5.96. The van der Waals surface area contributed by atoms with Gasteiger partial charge in [-0.1, -0.05) is 36.8 Å². The van der Waals surface area contributed by atoms with Gasteiger partial charge in [-0.25, -0.2) is 4.39 Å². The summed E-state index contributed by atoms with van der Waals surface area (Å²) < 4.78 is 18.9. The number of ether oxygens (including phenoxy) is 1. The first-order valence-corrected chi connectivity index (χ1v) is 8.20. The van der Waals surface area contributed by atoms with Crippen LogP contribution in [-0.4, -0.2) is 12.0 Å². The van der Waals surface area contributed by atoms with Gasteiger partial charge in [0.25, 0.3) is 5.91 Å². The molecule has 1 N–H and O–H groups in total. The zero-order valence-corrected chi connectivity index (χ0v) is 14.6. The summed E-state index contributed by atoms with van der Waals surface area (Å²) in [6.07, 6.45) is 0.00394. The van der Waals surface area contributed by atoms with Gasteiger partial charge in [-0.3, -0.25) is 4.79 Å². The molecule has 0 bridgehead atoms. The summed E-state index contributed by atoms with van der Waals surface area (Å²) in [5.74, 6) is 0.258. The fourth-order valence-corrected chi connectivity index (χ4v) is 2.55. The van der Waals surface area contributed by atoms with Crippen LogP contribution in [0.25, 0.3) is 0 Å². The van der Waals surface area contributed by atoms with Gasteiger partial charge in [0.05, 0.1) is 6.04 Å². The van der Waals surface area contributed by atoms with Crippen molar-refractivity contribution in [1.29, 1.82) is 0 Å². The predicted octanol–water partition coefficient (Wildman–Crippen LogP) is 4.48. The first-order valence-electron chi connectivity index (χ1n) is 8.20. The normalized spacial score (nSPS) is 13.2. The second-order valence-corrected chi connectivity index (χ2v) is 6.07. The van der Waals surface area contributed by atoms with Crippen molar-refractivity contribution in [3.05, 3.63) is 65.0 Å². The van der Waals surface area contributed by atoms with E-state index in [9.17, 15) is 9.18 Å². The maximum atomic E-state index is 13.0. The van der Waals surface area contributed by atoms with E-state index in [4.69, 9.17) is 4.74 Å². The first kappa shape index (κ1) is 18.0. The fraction of sp³-hybridized carbons (Fsp3) is 0.350. The van der Waals surface area contributed by atoms with Crippen molar-refractivity contribution in [1.82, 2.24) is 5.32 Å². The van der Waals surface area contributed by atoms with Crippen LogP contribution >= 0.6 is 0 Å². The van der Waals surface area contributed by atoms with Gasteiger partial charge in [-0.2, -0.15) is 0 Å². The summed E-state index contributed by atoms with van der Waals surface area (Å²) in [4.78, 5) is 12.5. The molecule has 24 heavy (non-hydrogen) atoms. The number of rotatable bonds is 6. The summed E-state index contributed by atoms with van der Waals surface area (Å²) in [6, 6.07) is 11.8. The molecule has 0 radical (unpaired) electrons. The van der Waals surface area contributed by atoms with Crippen molar-refractivity contribution < 1.29 is 13.9 Å². The van der Waals surface area contributed by atoms with Crippen molar-refractivity contribution in [2.45, 2.75) is 46.3 Å². The third-order valence-corrected chi connectivity index (χ3v) is 3.99. The zero-order chi connectivity index (χ0) is 17.7. The van der Waals surface area contributed by atoms with Crippen LogP contribution < -0.4 is 10.1 Å². The molecule has 0 aliphatic rings. The van der Waals surface area contributed by atoms with Crippen LogP contribution in [0.4, 0.5) is 4.39 Å². The van der Waals surface area contributed by atoms with Crippen molar-refractivity contribution >= 4 is 5.91 Å². The van der Waals surface area contributed by atoms with Gasteiger partial charge < -0.3 is 10.1 Å².